The first-order valence-electron chi connectivity index (χ1n) is 7.94. The fourth-order valence-corrected chi connectivity index (χ4v) is 3.40. The van der Waals surface area contributed by atoms with Gasteiger partial charge in [0, 0.05) is 17.8 Å². The molecule has 1 aromatic carbocycles. The lowest BCUT2D eigenvalue weighted by molar-refractivity contribution is -0.525. The lowest BCUT2D eigenvalue weighted by Gasteiger charge is -2.39. The summed E-state index contributed by atoms with van der Waals surface area (Å²) in [5.41, 5.74) is 1.03. The summed E-state index contributed by atoms with van der Waals surface area (Å²) in [5, 5.41) is 11.3. The van der Waals surface area contributed by atoms with E-state index in [1.807, 2.05) is 37.3 Å². The highest BCUT2D eigenvalue weighted by atomic mass is 28.4. The van der Waals surface area contributed by atoms with Gasteiger partial charge in [-0.25, -0.2) is 0 Å². The summed E-state index contributed by atoms with van der Waals surface area (Å²) in [4.78, 5) is 11.0. The highest BCUT2D eigenvalue weighted by Gasteiger charge is 2.40. The molecule has 22 heavy (non-hydrogen) atoms. The van der Waals surface area contributed by atoms with Gasteiger partial charge in [0.15, 0.2) is 8.32 Å². The molecule has 0 radical (unpaired) electrons. The zero-order chi connectivity index (χ0) is 17.0. The lowest BCUT2D eigenvalue weighted by atomic mass is 10.0. The molecule has 1 aromatic rings. The third-order valence-corrected chi connectivity index (χ3v) is 9.16. The molecule has 0 saturated heterocycles. The maximum absolute atomic E-state index is 11.2. The Balaban J connectivity index is 3.05. The Bertz CT molecular complexity index is 482. The van der Waals surface area contributed by atoms with Crippen molar-refractivity contribution < 1.29 is 9.35 Å². The van der Waals surface area contributed by atoms with E-state index in [0.717, 1.165) is 5.56 Å². The largest absolute Gasteiger partial charge is 0.410 e. The second-order valence-corrected chi connectivity index (χ2v) is 12.1. The minimum atomic E-state index is -1.99. The van der Waals surface area contributed by atoms with Gasteiger partial charge in [0.1, 0.15) is 0 Å². The molecule has 2 unspecified atom stereocenters. The Kier molecular flexibility index (Phi) is 6.32. The first kappa shape index (κ1) is 18.8. The van der Waals surface area contributed by atoms with Crippen LogP contribution in [0.2, 0.25) is 18.1 Å². The first-order valence-corrected chi connectivity index (χ1v) is 10.9. The van der Waals surface area contributed by atoms with E-state index < -0.39 is 14.4 Å². The van der Waals surface area contributed by atoms with Crippen molar-refractivity contribution in [1.82, 2.24) is 0 Å². The van der Waals surface area contributed by atoms with Gasteiger partial charge in [0.05, 0.1) is 6.10 Å². The lowest BCUT2D eigenvalue weighted by Crippen LogP contribution is -2.42. The highest BCUT2D eigenvalue weighted by Crippen LogP contribution is 2.41. The van der Waals surface area contributed by atoms with Crippen LogP contribution in [0.4, 0.5) is 0 Å². The first-order chi connectivity index (χ1) is 10.1. The molecular formula is C17H29NO3Si. The molecule has 2 atom stereocenters. The number of hydrogen-bond donors (Lipinski definition) is 0. The quantitative estimate of drug-likeness (QED) is 0.394. The zero-order valence-corrected chi connectivity index (χ0v) is 15.6. The van der Waals surface area contributed by atoms with Crippen LogP contribution in [-0.2, 0) is 4.43 Å². The molecule has 0 aliphatic heterocycles. The average Bonchev–Trinajstić information content (AvgIpc) is 2.42. The van der Waals surface area contributed by atoms with E-state index in [2.05, 4.69) is 33.9 Å². The van der Waals surface area contributed by atoms with Gasteiger partial charge in [0.2, 0.25) is 6.04 Å². The van der Waals surface area contributed by atoms with Gasteiger partial charge in [-0.15, -0.1) is 0 Å². The number of nitrogens with zero attached hydrogens (tertiary/aromatic N) is 1. The molecule has 0 aliphatic carbocycles. The molecule has 5 heteroatoms. The monoisotopic (exact) mass is 323 g/mol. The SMILES string of the molecule is CCC(CC(O[Si](C)(C)C(C)(C)C)c1ccccc1)[N+](=O)[O-]. The Morgan fingerprint density at radius 2 is 1.77 bits per heavy atom. The van der Waals surface area contributed by atoms with Crippen molar-refractivity contribution in [1.29, 1.82) is 0 Å². The maximum Gasteiger partial charge on any atom is 0.215 e. The molecule has 0 aromatic heterocycles. The number of hydrogen-bond acceptors (Lipinski definition) is 3. The molecular weight excluding hydrogens is 294 g/mol. The van der Waals surface area contributed by atoms with Crippen molar-refractivity contribution >= 4 is 8.32 Å². The normalized spacial score (nSPS) is 15.4. The van der Waals surface area contributed by atoms with Crippen LogP contribution < -0.4 is 0 Å². The minimum absolute atomic E-state index is 0.0797. The fourth-order valence-electron chi connectivity index (χ4n) is 2.10. The second kappa shape index (κ2) is 7.37. The summed E-state index contributed by atoms with van der Waals surface area (Å²) in [6.07, 6.45) is 0.745. The van der Waals surface area contributed by atoms with E-state index in [-0.39, 0.29) is 16.1 Å². The van der Waals surface area contributed by atoms with Crippen molar-refractivity contribution in [2.24, 2.45) is 0 Å². The summed E-state index contributed by atoms with van der Waals surface area (Å²) in [7, 11) is -1.99. The van der Waals surface area contributed by atoms with Crippen LogP contribution in [0.5, 0.6) is 0 Å². The summed E-state index contributed by atoms with van der Waals surface area (Å²) in [6, 6.07) is 9.33. The molecule has 0 aliphatic rings. The van der Waals surface area contributed by atoms with Crippen LogP contribution in [0.15, 0.2) is 30.3 Å². The van der Waals surface area contributed by atoms with Crippen LogP contribution in [0.1, 0.15) is 52.2 Å². The van der Waals surface area contributed by atoms with Crippen LogP contribution in [0.25, 0.3) is 0 Å². The van der Waals surface area contributed by atoms with Gasteiger partial charge in [-0.1, -0.05) is 58.0 Å². The van der Waals surface area contributed by atoms with E-state index in [0.29, 0.717) is 12.8 Å². The van der Waals surface area contributed by atoms with E-state index in [1.165, 1.54) is 0 Å². The van der Waals surface area contributed by atoms with Crippen molar-refractivity contribution in [3.05, 3.63) is 46.0 Å². The van der Waals surface area contributed by atoms with Gasteiger partial charge >= 0.3 is 0 Å². The van der Waals surface area contributed by atoms with Crippen molar-refractivity contribution in [2.45, 2.75) is 70.8 Å². The molecule has 4 nitrogen and oxygen atoms in total. The molecule has 124 valence electrons. The van der Waals surface area contributed by atoms with Gasteiger partial charge in [-0.2, -0.15) is 0 Å². The Labute approximate surface area is 135 Å². The summed E-state index contributed by atoms with van der Waals surface area (Å²) in [6.45, 7) is 12.8. The highest BCUT2D eigenvalue weighted by molar-refractivity contribution is 6.74. The maximum atomic E-state index is 11.2. The zero-order valence-electron chi connectivity index (χ0n) is 14.6. The third-order valence-electron chi connectivity index (χ3n) is 4.67. The van der Waals surface area contributed by atoms with Gasteiger partial charge in [-0.05, 0) is 23.7 Å². The second-order valence-electron chi connectivity index (χ2n) is 7.36. The summed E-state index contributed by atoms with van der Waals surface area (Å²) < 4.78 is 6.51. The molecule has 0 saturated carbocycles. The number of benzene rings is 1. The van der Waals surface area contributed by atoms with E-state index in [1.54, 1.807) is 0 Å². The molecule has 0 bridgehead atoms. The van der Waals surface area contributed by atoms with E-state index >= 15 is 0 Å². The van der Waals surface area contributed by atoms with Gasteiger partial charge < -0.3 is 4.43 Å². The topological polar surface area (TPSA) is 52.4 Å². The Hall–Kier alpha value is -1.20. The minimum Gasteiger partial charge on any atom is -0.410 e. The molecule has 0 amide bonds. The molecule has 0 fully saturated rings. The predicted molar refractivity (Wildman–Crippen MR) is 93.2 cm³/mol. The summed E-state index contributed by atoms with van der Waals surface area (Å²) in [5.74, 6) is 0. The van der Waals surface area contributed by atoms with Crippen molar-refractivity contribution in [3.8, 4) is 0 Å². The molecule has 1 rings (SSSR count). The van der Waals surface area contributed by atoms with Crippen LogP contribution >= 0.6 is 0 Å². The van der Waals surface area contributed by atoms with Crippen LogP contribution in [0, 0.1) is 10.1 Å². The van der Waals surface area contributed by atoms with Crippen LogP contribution in [-0.4, -0.2) is 19.3 Å². The van der Waals surface area contributed by atoms with E-state index in [9.17, 15) is 10.1 Å². The standard InChI is InChI=1S/C17H29NO3Si/c1-7-15(18(19)20)13-16(14-11-9-8-10-12-14)21-22(5,6)17(2,3)4/h8-12,15-16H,7,13H2,1-6H3. The molecule has 0 spiro atoms. The number of nitro groups is 1. The molecule has 0 heterocycles. The van der Waals surface area contributed by atoms with Crippen LogP contribution in [0.3, 0.4) is 0 Å². The number of rotatable bonds is 7. The Morgan fingerprint density at radius 3 is 2.18 bits per heavy atom. The van der Waals surface area contributed by atoms with Gasteiger partial charge in [-0.3, -0.25) is 10.1 Å². The van der Waals surface area contributed by atoms with Crippen molar-refractivity contribution in [3.63, 3.8) is 0 Å². The fraction of sp³-hybridized carbons (Fsp3) is 0.647. The summed E-state index contributed by atoms with van der Waals surface area (Å²) >= 11 is 0. The smallest absolute Gasteiger partial charge is 0.215 e. The Morgan fingerprint density at radius 1 is 1.23 bits per heavy atom. The predicted octanol–water partition coefficient (Wildman–Crippen LogP) is 5.19. The van der Waals surface area contributed by atoms with Gasteiger partial charge in [0.25, 0.3) is 0 Å². The van der Waals surface area contributed by atoms with E-state index in [4.69, 9.17) is 4.43 Å². The average molecular weight is 324 g/mol. The third kappa shape index (κ3) is 4.92. The van der Waals surface area contributed by atoms with Crippen molar-refractivity contribution in [2.75, 3.05) is 0 Å². The molecule has 0 N–H and O–H groups in total.